The minimum absolute atomic E-state index is 0.0196. The van der Waals surface area contributed by atoms with Crippen LogP contribution in [0.1, 0.15) is 69.3 Å². The molecule has 2 fully saturated rings. The summed E-state index contributed by atoms with van der Waals surface area (Å²) in [5, 5.41) is 6.66. The third kappa shape index (κ3) is 5.93. The Kier molecular flexibility index (Phi) is 7.48. The van der Waals surface area contributed by atoms with E-state index in [4.69, 9.17) is 4.42 Å². The highest BCUT2D eigenvalue weighted by atomic mass is 19.3. The molecule has 0 spiro atoms. The minimum Gasteiger partial charge on any atom is -0.464 e. The predicted octanol–water partition coefficient (Wildman–Crippen LogP) is 4.57. The van der Waals surface area contributed by atoms with E-state index in [0.717, 1.165) is 48.9 Å². The fourth-order valence-corrected chi connectivity index (χ4v) is 4.65. The van der Waals surface area contributed by atoms with Gasteiger partial charge in [0, 0.05) is 62.0 Å². The zero-order chi connectivity index (χ0) is 24.1. The van der Waals surface area contributed by atoms with E-state index >= 15 is 0 Å². The largest absolute Gasteiger partial charge is 0.464 e. The van der Waals surface area contributed by atoms with Crippen LogP contribution in [0.25, 0.3) is 11.0 Å². The molecule has 0 radical (unpaired) electrons. The number of anilines is 1. The summed E-state index contributed by atoms with van der Waals surface area (Å²) in [4.78, 5) is 37.4. The quantitative estimate of drug-likeness (QED) is 0.409. The van der Waals surface area contributed by atoms with E-state index in [-0.39, 0.29) is 43.7 Å². The zero-order valence-corrected chi connectivity index (χ0v) is 19.2. The first-order valence-electron chi connectivity index (χ1n) is 12.1. The molecule has 2 aliphatic rings. The lowest BCUT2D eigenvalue weighted by molar-refractivity contribution is -0.137. The van der Waals surface area contributed by atoms with Crippen LogP contribution in [0.4, 0.5) is 14.5 Å². The highest BCUT2D eigenvalue weighted by Crippen LogP contribution is 2.34. The maximum Gasteiger partial charge on any atom is 0.251 e. The predicted molar refractivity (Wildman–Crippen MR) is 124 cm³/mol. The fraction of sp³-hybridized carbons (Fsp3) is 0.560. The number of piperidine rings is 2. The van der Waals surface area contributed by atoms with Crippen LogP contribution in [0.15, 0.2) is 28.9 Å². The first kappa shape index (κ1) is 24.2. The summed E-state index contributed by atoms with van der Waals surface area (Å²) in [5.41, 5.74) is 2.43. The lowest BCUT2D eigenvalue weighted by Gasteiger charge is -2.31. The molecule has 1 atom stereocenters. The second-order valence-corrected chi connectivity index (χ2v) is 9.23. The van der Waals surface area contributed by atoms with Gasteiger partial charge < -0.3 is 14.6 Å². The Labute approximate surface area is 197 Å². The van der Waals surface area contributed by atoms with E-state index in [1.807, 2.05) is 18.2 Å². The number of fused-ring (bicyclic) bond motifs is 1. The van der Waals surface area contributed by atoms with E-state index in [1.54, 1.807) is 11.2 Å². The molecule has 2 N–H and O–H groups in total. The van der Waals surface area contributed by atoms with Crippen molar-refractivity contribution in [1.82, 2.24) is 10.2 Å². The SMILES string of the molecule is O=C1CCC(c2coc3ccc(NCCCCCCC(=O)N4CCC(F)(F)CC4)cc23)C(=O)N1. The van der Waals surface area contributed by atoms with Gasteiger partial charge in [-0.05, 0) is 37.5 Å². The Morgan fingerprint density at radius 1 is 1.15 bits per heavy atom. The van der Waals surface area contributed by atoms with Crippen LogP contribution in [0.5, 0.6) is 0 Å². The summed E-state index contributed by atoms with van der Waals surface area (Å²) in [6.45, 7) is 1.08. The van der Waals surface area contributed by atoms with E-state index in [0.29, 0.717) is 24.8 Å². The van der Waals surface area contributed by atoms with Crippen molar-refractivity contribution >= 4 is 34.4 Å². The van der Waals surface area contributed by atoms with Crippen molar-refractivity contribution in [2.24, 2.45) is 0 Å². The molecule has 1 aromatic heterocycles. The molecule has 0 bridgehead atoms. The molecule has 3 heterocycles. The molecule has 1 aromatic carbocycles. The van der Waals surface area contributed by atoms with Crippen LogP contribution in [-0.2, 0) is 14.4 Å². The molecule has 4 rings (SSSR count). The number of amides is 3. The molecule has 0 aliphatic carbocycles. The van der Waals surface area contributed by atoms with Gasteiger partial charge in [-0.25, -0.2) is 8.78 Å². The van der Waals surface area contributed by atoms with Crippen molar-refractivity contribution in [3.63, 3.8) is 0 Å². The lowest BCUT2D eigenvalue weighted by atomic mass is 9.90. The Morgan fingerprint density at radius 2 is 1.91 bits per heavy atom. The standard InChI is InChI=1S/C25H31F2N3O4/c26-25(27)10-13-30(14-11-25)23(32)5-3-1-2-4-12-28-17-6-8-21-19(15-17)20(16-34-21)18-7-9-22(31)29-24(18)33/h6,8,15-16,18,28H,1-5,7,9-14H2,(H,29,31,33). The van der Waals surface area contributed by atoms with Crippen LogP contribution in [0.2, 0.25) is 0 Å². The molecule has 9 heteroatoms. The minimum atomic E-state index is -2.63. The van der Waals surface area contributed by atoms with E-state index in [9.17, 15) is 23.2 Å². The molecule has 0 saturated carbocycles. The van der Waals surface area contributed by atoms with Crippen LogP contribution < -0.4 is 10.6 Å². The second kappa shape index (κ2) is 10.5. The number of hydrogen-bond acceptors (Lipinski definition) is 5. The van der Waals surface area contributed by atoms with Crippen LogP contribution in [0.3, 0.4) is 0 Å². The lowest BCUT2D eigenvalue weighted by Crippen LogP contribution is -2.42. The summed E-state index contributed by atoms with van der Waals surface area (Å²) in [7, 11) is 0. The average molecular weight is 476 g/mol. The van der Waals surface area contributed by atoms with E-state index in [1.165, 1.54) is 0 Å². The Hall–Kier alpha value is -2.97. The van der Waals surface area contributed by atoms with Crippen molar-refractivity contribution in [2.75, 3.05) is 25.0 Å². The number of halogens is 2. The number of likely N-dealkylation sites (tertiary alicyclic amines) is 1. The molecule has 2 saturated heterocycles. The molecular formula is C25H31F2N3O4. The van der Waals surface area contributed by atoms with Gasteiger partial charge in [0.25, 0.3) is 5.92 Å². The third-order valence-electron chi connectivity index (χ3n) is 6.71. The van der Waals surface area contributed by atoms with Gasteiger partial charge in [-0.3, -0.25) is 19.7 Å². The molecule has 7 nitrogen and oxygen atoms in total. The topological polar surface area (TPSA) is 91.7 Å². The second-order valence-electron chi connectivity index (χ2n) is 9.23. The number of nitrogens with one attached hydrogen (secondary N) is 2. The molecule has 1 unspecified atom stereocenters. The number of unbranched alkanes of at least 4 members (excludes halogenated alkanes) is 3. The highest BCUT2D eigenvalue weighted by molar-refractivity contribution is 6.03. The molecule has 34 heavy (non-hydrogen) atoms. The van der Waals surface area contributed by atoms with E-state index in [2.05, 4.69) is 10.6 Å². The molecule has 184 valence electrons. The van der Waals surface area contributed by atoms with E-state index < -0.39 is 11.8 Å². The van der Waals surface area contributed by atoms with Gasteiger partial charge in [0.05, 0.1) is 12.2 Å². The van der Waals surface area contributed by atoms with Crippen molar-refractivity contribution in [3.8, 4) is 0 Å². The van der Waals surface area contributed by atoms with Crippen molar-refractivity contribution in [2.45, 2.75) is 69.6 Å². The maximum absolute atomic E-state index is 13.2. The first-order chi connectivity index (χ1) is 16.3. The molecule has 3 amide bonds. The fourth-order valence-electron chi connectivity index (χ4n) is 4.65. The number of nitrogens with zero attached hydrogens (tertiary/aromatic N) is 1. The summed E-state index contributed by atoms with van der Waals surface area (Å²) >= 11 is 0. The third-order valence-corrected chi connectivity index (χ3v) is 6.71. The Balaban J connectivity index is 1.18. The smallest absolute Gasteiger partial charge is 0.251 e. The number of alkyl halides is 2. The zero-order valence-electron chi connectivity index (χ0n) is 19.2. The number of carbonyl (C=O) groups is 3. The Bertz CT molecular complexity index is 1040. The number of benzene rings is 1. The van der Waals surface area contributed by atoms with Gasteiger partial charge in [0.2, 0.25) is 17.7 Å². The molecular weight excluding hydrogens is 444 g/mol. The molecule has 2 aliphatic heterocycles. The van der Waals surface area contributed by atoms with Crippen molar-refractivity contribution in [1.29, 1.82) is 0 Å². The van der Waals surface area contributed by atoms with Gasteiger partial charge in [0.1, 0.15) is 5.58 Å². The van der Waals surface area contributed by atoms with Gasteiger partial charge in [-0.1, -0.05) is 12.8 Å². The number of furan rings is 1. The van der Waals surface area contributed by atoms with Crippen molar-refractivity contribution < 1.29 is 27.6 Å². The summed E-state index contributed by atoms with van der Waals surface area (Å²) < 4.78 is 32.0. The molecule has 2 aromatic rings. The summed E-state index contributed by atoms with van der Waals surface area (Å²) in [6, 6.07) is 5.77. The maximum atomic E-state index is 13.2. The van der Waals surface area contributed by atoms with Crippen LogP contribution in [-0.4, -0.2) is 48.2 Å². The monoisotopic (exact) mass is 475 g/mol. The van der Waals surface area contributed by atoms with Crippen molar-refractivity contribution in [3.05, 3.63) is 30.0 Å². The van der Waals surface area contributed by atoms with Gasteiger partial charge in [-0.2, -0.15) is 0 Å². The highest BCUT2D eigenvalue weighted by Gasteiger charge is 2.35. The van der Waals surface area contributed by atoms with Gasteiger partial charge in [-0.15, -0.1) is 0 Å². The van der Waals surface area contributed by atoms with Gasteiger partial charge in [0.15, 0.2) is 0 Å². The number of hydrogen-bond donors (Lipinski definition) is 2. The average Bonchev–Trinajstić information content (AvgIpc) is 3.21. The van der Waals surface area contributed by atoms with Crippen LogP contribution in [0, 0.1) is 0 Å². The van der Waals surface area contributed by atoms with Gasteiger partial charge >= 0.3 is 0 Å². The number of rotatable bonds is 9. The normalized spacial score (nSPS) is 20.4. The number of carbonyl (C=O) groups excluding carboxylic acids is 3. The summed E-state index contributed by atoms with van der Waals surface area (Å²) in [6.07, 6.45) is 5.93. The number of imide groups is 1. The van der Waals surface area contributed by atoms with Crippen LogP contribution >= 0.6 is 0 Å². The Morgan fingerprint density at radius 3 is 2.68 bits per heavy atom. The summed E-state index contributed by atoms with van der Waals surface area (Å²) in [5.74, 6) is -3.56. The first-order valence-corrected chi connectivity index (χ1v) is 12.1.